The quantitative estimate of drug-likeness (QED) is 0.883. The summed E-state index contributed by atoms with van der Waals surface area (Å²) < 4.78 is 11.1. The summed E-state index contributed by atoms with van der Waals surface area (Å²) in [5.74, 6) is 1.23. The van der Waals surface area contributed by atoms with Crippen LogP contribution in [0, 0.1) is 5.41 Å². The van der Waals surface area contributed by atoms with Crippen molar-refractivity contribution in [3.8, 4) is 11.5 Å². The normalized spacial score (nSPS) is 24.8. The number of ether oxygens (including phenoxy) is 2. The molecule has 2 N–H and O–H groups in total. The van der Waals surface area contributed by atoms with Crippen LogP contribution in [0.1, 0.15) is 23.7 Å². The molecule has 0 bridgehead atoms. The molecule has 1 saturated heterocycles. The minimum Gasteiger partial charge on any atom is -0.486 e. The summed E-state index contributed by atoms with van der Waals surface area (Å²) in [5.41, 5.74) is 6.41. The van der Waals surface area contributed by atoms with Crippen molar-refractivity contribution in [3.05, 3.63) is 23.8 Å². The van der Waals surface area contributed by atoms with Crippen LogP contribution in [0.4, 0.5) is 0 Å². The summed E-state index contributed by atoms with van der Waals surface area (Å²) in [5, 5.41) is 0. The molecule has 1 aromatic rings. The zero-order valence-corrected chi connectivity index (χ0v) is 11.7. The fourth-order valence-electron chi connectivity index (χ4n) is 2.78. The van der Waals surface area contributed by atoms with Gasteiger partial charge in [0.05, 0.1) is 5.56 Å². The largest absolute Gasteiger partial charge is 0.486 e. The predicted molar refractivity (Wildman–Crippen MR) is 75.1 cm³/mol. The zero-order chi connectivity index (χ0) is 14.2. The summed E-state index contributed by atoms with van der Waals surface area (Å²) in [6.07, 6.45) is 0.946. The predicted octanol–water partition coefficient (Wildman–Crippen LogP) is 1.27. The lowest BCUT2D eigenvalue weighted by Gasteiger charge is -2.25. The van der Waals surface area contributed by atoms with Gasteiger partial charge in [-0.2, -0.15) is 0 Å². The van der Waals surface area contributed by atoms with E-state index in [9.17, 15) is 4.79 Å². The van der Waals surface area contributed by atoms with E-state index < -0.39 is 0 Å². The number of fused-ring (bicyclic) bond motifs is 1. The van der Waals surface area contributed by atoms with E-state index in [0.29, 0.717) is 43.4 Å². The van der Waals surface area contributed by atoms with E-state index in [1.807, 2.05) is 17.0 Å². The molecule has 1 atom stereocenters. The maximum absolute atomic E-state index is 12.7. The van der Waals surface area contributed by atoms with Gasteiger partial charge in [-0.3, -0.25) is 4.79 Å². The minimum atomic E-state index is 0.00419. The molecule has 108 valence electrons. The highest BCUT2D eigenvalue weighted by Crippen LogP contribution is 2.36. The lowest BCUT2D eigenvalue weighted by molar-refractivity contribution is 0.0766. The number of hydrogen-bond donors (Lipinski definition) is 1. The third-order valence-corrected chi connectivity index (χ3v) is 4.13. The molecular formula is C15H20N2O3. The average molecular weight is 276 g/mol. The molecule has 1 unspecified atom stereocenters. The highest BCUT2D eigenvalue weighted by molar-refractivity contribution is 5.98. The number of carbonyl (C=O) groups is 1. The number of benzene rings is 1. The summed E-state index contributed by atoms with van der Waals surface area (Å²) >= 11 is 0. The van der Waals surface area contributed by atoms with Gasteiger partial charge in [-0.15, -0.1) is 0 Å². The maximum Gasteiger partial charge on any atom is 0.257 e. The van der Waals surface area contributed by atoms with Crippen molar-refractivity contribution < 1.29 is 14.3 Å². The van der Waals surface area contributed by atoms with Crippen molar-refractivity contribution in [2.24, 2.45) is 11.1 Å². The standard InChI is InChI=1S/C15H20N2O3/c1-15(9-16)5-6-17(10-15)14(18)11-3-2-4-12-13(11)20-8-7-19-12/h2-4H,5-10,16H2,1H3. The molecular weight excluding hydrogens is 256 g/mol. The van der Waals surface area contributed by atoms with Crippen LogP contribution in [-0.2, 0) is 0 Å². The second-order valence-corrected chi connectivity index (χ2v) is 5.82. The Morgan fingerprint density at radius 1 is 1.40 bits per heavy atom. The van der Waals surface area contributed by atoms with Crippen molar-refractivity contribution in [1.29, 1.82) is 0 Å². The number of amides is 1. The molecule has 1 fully saturated rings. The van der Waals surface area contributed by atoms with Crippen molar-refractivity contribution in [2.75, 3.05) is 32.8 Å². The zero-order valence-electron chi connectivity index (χ0n) is 11.7. The van der Waals surface area contributed by atoms with Crippen molar-refractivity contribution in [3.63, 3.8) is 0 Å². The second kappa shape index (κ2) is 4.98. The molecule has 5 nitrogen and oxygen atoms in total. The van der Waals surface area contributed by atoms with Crippen LogP contribution in [0.5, 0.6) is 11.5 Å². The molecule has 2 aliphatic rings. The Kier molecular flexibility index (Phi) is 3.30. The molecule has 0 aromatic heterocycles. The van der Waals surface area contributed by atoms with E-state index in [1.165, 1.54) is 0 Å². The van der Waals surface area contributed by atoms with Crippen LogP contribution < -0.4 is 15.2 Å². The van der Waals surface area contributed by atoms with Crippen LogP contribution in [-0.4, -0.2) is 43.7 Å². The Hall–Kier alpha value is -1.75. The van der Waals surface area contributed by atoms with Gasteiger partial charge in [0.2, 0.25) is 0 Å². The maximum atomic E-state index is 12.7. The number of carbonyl (C=O) groups excluding carboxylic acids is 1. The summed E-state index contributed by atoms with van der Waals surface area (Å²) in [7, 11) is 0. The lowest BCUT2D eigenvalue weighted by atomic mass is 9.90. The first-order valence-corrected chi connectivity index (χ1v) is 7.01. The highest BCUT2D eigenvalue weighted by atomic mass is 16.6. The Labute approximate surface area is 118 Å². The van der Waals surface area contributed by atoms with Crippen molar-refractivity contribution in [2.45, 2.75) is 13.3 Å². The van der Waals surface area contributed by atoms with E-state index in [-0.39, 0.29) is 11.3 Å². The van der Waals surface area contributed by atoms with E-state index in [4.69, 9.17) is 15.2 Å². The number of para-hydroxylation sites is 1. The van der Waals surface area contributed by atoms with Gasteiger partial charge in [0.25, 0.3) is 5.91 Å². The molecule has 2 aliphatic heterocycles. The van der Waals surface area contributed by atoms with Gasteiger partial charge < -0.3 is 20.1 Å². The monoisotopic (exact) mass is 276 g/mol. The molecule has 0 saturated carbocycles. The number of hydrogen-bond acceptors (Lipinski definition) is 4. The van der Waals surface area contributed by atoms with Gasteiger partial charge in [-0.05, 0) is 30.5 Å². The second-order valence-electron chi connectivity index (χ2n) is 5.82. The van der Waals surface area contributed by atoms with Crippen molar-refractivity contribution in [1.82, 2.24) is 4.90 Å². The molecule has 0 spiro atoms. The smallest absolute Gasteiger partial charge is 0.257 e. The molecule has 1 aromatic carbocycles. The molecule has 0 radical (unpaired) electrons. The summed E-state index contributed by atoms with van der Waals surface area (Å²) in [4.78, 5) is 14.5. The van der Waals surface area contributed by atoms with E-state index in [1.54, 1.807) is 6.07 Å². The average Bonchev–Trinajstić information content (AvgIpc) is 2.89. The van der Waals surface area contributed by atoms with E-state index in [0.717, 1.165) is 13.0 Å². The van der Waals surface area contributed by atoms with Crippen LogP contribution in [0.2, 0.25) is 0 Å². The molecule has 1 amide bonds. The third-order valence-electron chi connectivity index (χ3n) is 4.13. The number of nitrogens with zero attached hydrogens (tertiary/aromatic N) is 1. The first-order valence-electron chi connectivity index (χ1n) is 7.01. The number of likely N-dealkylation sites (tertiary alicyclic amines) is 1. The Balaban J connectivity index is 1.85. The third kappa shape index (κ3) is 2.22. The Bertz CT molecular complexity index is 532. The highest BCUT2D eigenvalue weighted by Gasteiger charge is 2.36. The van der Waals surface area contributed by atoms with Gasteiger partial charge in [0.15, 0.2) is 11.5 Å². The van der Waals surface area contributed by atoms with Crippen LogP contribution in [0.3, 0.4) is 0 Å². The van der Waals surface area contributed by atoms with Crippen LogP contribution in [0.15, 0.2) is 18.2 Å². The van der Waals surface area contributed by atoms with Gasteiger partial charge in [0.1, 0.15) is 13.2 Å². The van der Waals surface area contributed by atoms with E-state index >= 15 is 0 Å². The van der Waals surface area contributed by atoms with Gasteiger partial charge in [-0.1, -0.05) is 13.0 Å². The summed E-state index contributed by atoms with van der Waals surface area (Å²) in [6.45, 7) is 5.19. The molecule has 20 heavy (non-hydrogen) atoms. The number of nitrogens with two attached hydrogens (primary N) is 1. The fourth-order valence-corrected chi connectivity index (χ4v) is 2.78. The van der Waals surface area contributed by atoms with Gasteiger partial charge in [0, 0.05) is 13.1 Å². The van der Waals surface area contributed by atoms with Crippen LogP contribution >= 0.6 is 0 Å². The lowest BCUT2D eigenvalue weighted by Crippen LogP contribution is -2.35. The molecule has 3 rings (SSSR count). The number of rotatable bonds is 2. The van der Waals surface area contributed by atoms with Crippen LogP contribution in [0.25, 0.3) is 0 Å². The SMILES string of the molecule is CC1(CN)CCN(C(=O)c2cccc3c2OCCO3)C1. The topological polar surface area (TPSA) is 64.8 Å². The molecule has 5 heteroatoms. The summed E-state index contributed by atoms with van der Waals surface area (Å²) in [6, 6.07) is 5.46. The van der Waals surface area contributed by atoms with Crippen molar-refractivity contribution >= 4 is 5.91 Å². The minimum absolute atomic E-state index is 0.00419. The van der Waals surface area contributed by atoms with E-state index in [2.05, 4.69) is 6.92 Å². The molecule has 2 heterocycles. The van der Waals surface area contributed by atoms with Gasteiger partial charge >= 0.3 is 0 Å². The van der Waals surface area contributed by atoms with Gasteiger partial charge in [-0.25, -0.2) is 0 Å². The fraction of sp³-hybridized carbons (Fsp3) is 0.533. The first-order chi connectivity index (χ1) is 9.63. The Morgan fingerprint density at radius 2 is 2.20 bits per heavy atom. The molecule has 0 aliphatic carbocycles. The first kappa shape index (κ1) is 13.2. The Morgan fingerprint density at radius 3 is 2.95 bits per heavy atom.